The van der Waals surface area contributed by atoms with Crippen molar-refractivity contribution >= 4 is 11.9 Å². The molecule has 0 radical (unpaired) electrons. The summed E-state index contributed by atoms with van der Waals surface area (Å²) in [6.45, 7) is 1.35. The number of hydrogen-bond donors (Lipinski definition) is 1. The molecule has 3 amide bonds. The Hall–Kier alpha value is -2.11. The molecule has 0 saturated carbocycles. The van der Waals surface area contributed by atoms with Crippen LogP contribution in [0.15, 0.2) is 24.5 Å². The summed E-state index contributed by atoms with van der Waals surface area (Å²) >= 11 is 0. The molecule has 2 rings (SSSR count). The average molecular weight is 276 g/mol. The van der Waals surface area contributed by atoms with Gasteiger partial charge in [0.1, 0.15) is 0 Å². The van der Waals surface area contributed by atoms with Crippen LogP contribution in [-0.4, -0.2) is 59.9 Å². The van der Waals surface area contributed by atoms with Crippen LogP contribution < -0.4 is 5.32 Å². The Morgan fingerprint density at radius 1 is 1.35 bits per heavy atom. The molecule has 1 fully saturated rings. The summed E-state index contributed by atoms with van der Waals surface area (Å²) in [6.07, 6.45) is 4.76. The second-order valence-corrected chi connectivity index (χ2v) is 5.15. The highest BCUT2D eigenvalue weighted by Crippen LogP contribution is 2.12. The average Bonchev–Trinajstić information content (AvgIpc) is 2.48. The van der Waals surface area contributed by atoms with Crippen LogP contribution in [0.3, 0.4) is 0 Å². The second kappa shape index (κ2) is 6.36. The van der Waals surface area contributed by atoms with E-state index < -0.39 is 0 Å². The quantitative estimate of drug-likeness (QED) is 0.875. The summed E-state index contributed by atoms with van der Waals surface area (Å²) in [5, 5.41) is 2.99. The van der Waals surface area contributed by atoms with Gasteiger partial charge in [-0.15, -0.1) is 0 Å². The number of likely N-dealkylation sites (tertiary alicyclic amines) is 1. The van der Waals surface area contributed by atoms with E-state index in [0.717, 1.165) is 12.8 Å². The number of nitrogens with zero attached hydrogens (tertiary/aromatic N) is 3. The lowest BCUT2D eigenvalue weighted by molar-refractivity contribution is 0.0913. The third-order valence-corrected chi connectivity index (χ3v) is 3.41. The van der Waals surface area contributed by atoms with Crippen molar-refractivity contribution in [2.45, 2.75) is 18.9 Å². The molecule has 1 aromatic heterocycles. The minimum absolute atomic E-state index is 0.0297. The smallest absolute Gasteiger partial charge is 0.319 e. The maximum Gasteiger partial charge on any atom is 0.319 e. The van der Waals surface area contributed by atoms with E-state index in [9.17, 15) is 9.59 Å². The fraction of sp³-hybridized carbons (Fsp3) is 0.500. The Morgan fingerprint density at radius 3 is 2.60 bits per heavy atom. The van der Waals surface area contributed by atoms with Gasteiger partial charge in [-0.05, 0) is 25.0 Å². The van der Waals surface area contributed by atoms with Crippen LogP contribution in [0.5, 0.6) is 0 Å². The Morgan fingerprint density at radius 2 is 2.05 bits per heavy atom. The molecule has 6 nitrogen and oxygen atoms in total. The molecule has 0 aromatic carbocycles. The van der Waals surface area contributed by atoms with E-state index in [2.05, 4.69) is 10.3 Å². The summed E-state index contributed by atoms with van der Waals surface area (Å²) in [5.41, 5.74) is 0.569. The molecule has 0 atom stereocenters. The zero-order valence-electron chi connectivity index (χ0n) is 11.9. The highest BCUT2D eigenvalue weighted by Gasteiger charge is 2.24. The number of amides is 3. The van der Waals surface area contributed by atoms with Crippen LogP contribution >= 0.6 is 0 Å². The van der Waals surface area contributed by atoms with Crippen molar-refractivity contribution in [2.75, 3.05) is 27.2 Å². The Kier molecular flexibility index (Phi) is 4.55. The number of pyridine rings is 1. The summed E-state index contributed by atoms with van der Waals surface area (Å²) in [4.78, 5) is 31.1. The molecule has 20 heavy (non-hydrogen) atoms. The number of carbonyl (C=O) groups is 2. The lowest BCUT2D eigenvalue weighted by Crippen LogP contribution is -2.49. The number of piperidine rings is 1. The van der Waals surface area contributed by atoms with Crippen molar-refractivity contribution in [1.82, 2.24) is 20.1 Å². The van der Waals surface area contributed by atoms with Crippen LogP contribution in [0, 0.1) is 0 Å². The van der Waals surface area contributed by atoms with E-state index in [4.69, 9.17) is 0 Å². The van der Waals surface area contributed by atoms with Gasteiger partial charge < -0.3 is 15.1 Å². The minimum Gasteiger partial charge on any atom is -0.349 e. The van der Waals surface area contributed by atoms with E-state index in [1.165, 1.54) is 0 Å². The molecule has 1 saturated heterocycles. The Bertz CT molecular complexity index is 467. The first-order valence-electron chi connectivity index (χ1n) is 6.75. The summed E-state index contributed by atoms with van der Waals surface area (Å²) in [5.74, 6) is -0.101. The maximum atomic E-state index is 12.0. The number of hydrogen-bond acceptors (Lipinski definition) is 3. The summed E-state index contributed by atoms with van der Waals surface area (Å²) < 4.78 is 0. The monoisotopic (exact) mass is 276 g/mol. The lowest BCUT2D eigenvalue weighted by Gasteiger charge is -2.33. The summed E-state index contributed by atoms with van der Waals surface area (Å²) in [6, 6.07) is 3.64. The standard InChI is InChI=1S/C14H20N4O2/c1-17(2)14(20)18-8-5-12(6-9-18)16-13(19)11-4-3-7-15-10-11/h3-4,7,10,12H,5-6,8-9H2,1-2H3,(H,16,19). The van der Waals surface area contributed by atoms with Crippen molar-refractivity contribution in [1.29, 1.82) is 0 Å². The SMILES string of the molecule is CN(C)C(=O)N1CCC(NC(=O)c2cccnc2)CC1. The van der Waals surface area contributed by atoms with E-state index in [-0.39, 0.29) is 18.0 Å². The third kappa shape index (κ3) is 3.46. The van der Waals surface area contributed by atoms with Crippen LogP contribution in [0.25, 0.3) is 0 Å². The van der Waals surface area contributed by atoms with Gasteiger partial charge in [-0.1, -0.05) is 0 Å². The summed E-state index contributed by atoms with van der Waals surface area (Å²) in [7, 11) is 3.50. The van der Waals surface area contributed by atoms with Crippen molar-refractivity contribution in [3.63, 3.8) is 0 Å². The molecule has 1 aromatic rings. The zero-order valence-corrected chi connectivity index (χ0v) is 11.9. The molecular weight excluding hydrogens is 256 g/mol. The van der Waals surface area contributed by atoms with Crippen LogP contribution in [0.4, 0.5) is 4.79 Å². The van der Waals surface area contributed by atoms with Gasteiger partial charge in [-0.3, -0.25) is 9.78 Å². The predicted molar refractivity (Wildman–Crippen MR) is 75.4 cm³/mol. The molecule has 0 bridgehead atoms. The van der Waals surface area contributed by atoms with Crippen LogP contribution in [-0.2, 0) is 0 Å². The zero-order chi connectivity index (χ0) is 14.5. The fourth-order valence-electron chi connectivity index (χ4n) is 2.26. The fourth-order valence-corrected chi connectivity index (χ4v) is 2.26. The molecule has 0 unspecified atom stereocenters. The highest BCUT2D eigenvalue weighted by molar-refractivity contribution is 5.94. The van der Waals surface area contributed by atoms with Gasteiger partial charge in [-0.25, -0.2) is 4.79 Å². The Labute approximate surface area is 118 Å². The Balaban J connectivity index is 1.83. The minimum atomic E-state index is -0.101. The van der Waals surface area contributed by atoms with Gasteiger partial charge in [0.05, 0.1) is 5.56 Å². The molecule has 108 valence electrons. The van der Waals surface area contributed by atoms with Gasteiger partial charge in [0, 0.05) is 45.6 Å². The van der Waals surface area contributed by atoms with Crippen molar-refractivity contribution in [2.24, 2.45) is 0 Å². The number of carbonyl (C=O) groups excluding carboxylic acids is 2. The first-order valence-corrected chi connectivity index (χ1v) is 6.75. The third-order valence-electron chi connectivity index (χ3n) is 3.41. The van der Waals surface area contributed by atoms with Gasteiger partial charge in [0.2, 0.25) is 0 Å². The maximum absolute atomic E-state index is 12.0. The van der Waals surface area contributed by atoms with Crippen molar-refractivity contribution in [3.05, 3.63) is 30.1 Å². The normalized spacial score (nSPS) is 15.8. The molecule has 0 aliphatic carbocycles. The van der Waals surface area contributed by atoms with E-state index in [1.54, 1.807) is 43.5 Å². The number of nitrogens with one attached hydrogen (secondary N) is 1. The van der Waals surface area contributed by atoms with E-state index >= 15 is 0 Å². The van der Waals surface area contributed by atoms with Crippen LogP contribution in [0.2, 0.25) is 0 Å². The van der Waals surface area contributed by atoms with Crippen molar-refractivity contribution in [3.8, 4) is 0 Å². The van der Waals surface area contributed by atoms with Crippen molar-refractivity contribution < 1.29 is 9.59 Å². The largest absolute Gasteiger partial charge is 0.349 e. The first kappa shape index (κ1) is 14.3. The topological polar surface area (TPSA) is 65.5 Å². The molecule has 1 aliphatic heterocycles. The van der Waals surface area contributed by atoms with Gasteiger partial charge in [0.25, 0.3) is 5.91 Å². The molecule has 0 spiro atoms. The van der Waals surface area contributed by atoms with Gasteiger partial charge in [-0.2, -0.15) is 0 Å². The molecular formula is C14H20N4O2. The lowest BCUT2D eigenvalue weighted by atomic mass is 10.0. The van der Waals surface area contributed by atoms with E-state index in [1.807, 2.05) is 4.90 Å². The molecule has 2 heterocycles. The van der Waals surface area contributed by atoms with Gasteiger partial charge >= 0.3 is 6.03 Å². The molecule has 1 aliphatic rings. The first-order chi connectivity index (χ1) is 9.58. The second-order valence-electron chi connectivity index (χ2n) is 5.15. The number of urea groups is 1. The van der Waals surface area contributed by atoms with Crippen LogP contribution in [0.1, 0.15) is 23.2 Å². The highest BCUT2D eigenvalue weighted by atomic mass is 16.2. The molecule has 1 N–H and O–H groups in total. The number of aromatic nitrogens is 1. The van der Waals surface area contributed by atoms with E-state index in [0.29, 0.717) is 18.7 Å². The van der Waals surface area contributed by atoms with Gasteiger partial charge in [0.15, 0.2) is 0 Å². The predicted octanol–water partition coefficient (Wildman–Crippen LogP) is 0.957. The molecule has 6 heteroatoms. The number of rotatable bonds is 2.